The number of nitrogens with zero attached hydrogens (tertiary/aromatic N) is 3. The van der Waals surface area contributed by atoms with Crippen molar-refractivity contribution in [2.24, 2.45) is 0 Å². The van der Waals surface area contributed by atoms with E-state index in [0.717, 1.165) is 43.5 Å². The van der Waals surface area contributed by atoms with Crippen molar-refractivity contribution in [2.45, 2.75) is 0 Å². The van der Waals surface area contributed by atoms with E-state index in [1.54, 1.807) is 0 Å². The van der Waals surface area contributed by atoms with Crippen LogP contribution in [0.4, 0.5) is 11.5 Å². The van der Waals surface area contributed by atoms with Crippen LogP contribution in [-0.4, -0.2) is 36.1 Å². The van der Waals surface area contributed by atoms with Gasteiger partial charge >= 0.3 is 0 Å². The lowest BCUT2D eigenvalue weighted by Gasteiger charge is -2.37. The molecule has 1 aliphatic heterocycles. The van der Waals surface area contributed by atoms with Crippen molar-refractivity contribution >= 4 is 11.5 Å². The number of aromatic nitrogens is 1. The fourth-order valence-corrected chi connectivity index (χ4v) is 2.51. The number of anilines is 2. The zero-order valence-corrected chi connectivity index (χ0v) is 12.1. The van der Waals surface area contributed by atoms with Crippen molar-refractivity contribution in [1.82, 2.24) is 9.88 Å². The minimum atomic E-state index is 0.954. The summed E-state index contributed by atoms with van der Waals surface area (Å²) in [5.74, 6) is 2.01. The molecule has 2 heterocycles. The third-order valence-electron chi connectivity index (χ3n) is 3.70. The van der Waals surface area contributed by atoms with E-state index in [1.165, 1.54) is 0 Å². The lowest BCUT2D eigenvalue weighted by molar-refractivity contribution is 0.325. The van der Waals surface area contributed by atoms with Crippen molar-refractivity contribution in [3.8, 4) is 0 Å². The first kappa shape index (κ1) is 13.5. The van der Waals surface area contributed by atoms with Crippen LogP contribution in [0.3, 0.4) is 0 Å². The minimum absolute atomic E-state index is 0.954. The Hall–Kier alpha value is -2.49. The zero-order chi connectivity index (χ0) is 14.5. The Morgan fingerprint density at radius 1 is 0.952 bits per heavy atom. The van der Waals surface area contributed by atoms with Crippen molar-refractivity contribution in [3.63, 3.8) is 0 Å². The molecule has 0 spiro atoms. The monoisotopic (exact) mass is 280 g/mol. The summed E-state index contributed by atoms with van der Waals surface area (Å²) in [6.45, 7) is 7.99. The van der Waals surface area contributed by atoms with Crippen molar-refractivity contribution in [3.05, 3.63) is 67.1 Å². The molecule has 0 aliphatic carbocycles. The molecule has 1 N–H and O–H groups in total. The average molecular weight is 280 g/mol. The Morgan fingerprint density at radius 3 is 2.33 bits per heavy atom. The smallest absolute Gasteiger partial charge is 0.128 e. The second-order valence-electron chi connectivity index (χ2n) is 5.10. The van der Waals surface area contributed by atoms with Gasteiger partial charge in [0.05, 0.1) is 5.82 Å². The van der Waals surface area contributed by atoms with Gasteiger partial charge in [-0.15, -0.1) is 0 Å². The molecule has 2 aromatic rings. The highest BCUT2D eigenvalue weighted by Gasteiger charge is 2.18. The number of piperazine rings is 1. The molecule has 0 radical (unpaired) electrons. The molecule has 0 unspecified atom stereocenters. The van der Waals surface area contributed by atoms with Gasteiger partial charge in [-0.1, -0.05) is 30.8 Å². The largest absolute Gasteiger partial charge is 0.355 e. The molecule has 0 saturated carbocycles. The van der Waals surface area contributed by atoms with E-state index < -0.39 is 0 Å². The van der Waals surface area contributed by atoms with Gasteiger partial charge < -0.3 is 15.1 Å². The van der Waals surface area contributed by atoms with Gasteiger partial charge in [-0.3, -0.25) is 0 Å². The molecule has 1 aromatic heterocycles. The molecule has 3 rings (SSSR count). The Morgan fingerprint density at radius 2 is 1.67 bits per heavy atom. The van der Waals surface area contributed by atoms with Gasteiger partial charge in [0, 0.05) is 38.1 Å². The lowest BCUT2D eigenvalue weighted by atomic mass is 10.3. The molecule has 1 saturated heterocycles. The van der Waals surface area contributed by atoms with E-state index in [2.05, 4.69) is 44.9 Å². The summed E-state index contributed by atoms with van der Waals surface area (Å²) < 4.78 is 0. The van der Waals surface area contributed by atoms with Crippen LogP contribution in [-0.2, 0) is 0 Å². The quantitative estimate of drug-likeness (QED) is 0.933. The Labute approximate surface area is 125 Å². The number of rotatable bonds is 4. The minimum Gasteiger partial charge on any atom is -0.355 e. The van der Waals surface area contributed by atoms with E-state index in [-0.39, 0.29) is 0 Å². The predicted molar refractivity (Wildman–Crippen MR) is 87.2 cm³/mol. The van der Waals surface area contributed by atoms with E-state index in [4.69, 9.17) is 0 Å². The molecule has 1 aromatic carbocycles. The average Bonchev–Trinajstić information content (AvgIpc) is 2.57. The van der Waals surface area contributed by atoms with Gasteiger partial charge in [-0.2, -0.15) is 0 Å². The highest BCUT2D eigenvalue weighted by atomic mass is 15.3. The fraction of sp³-hybridized carbons (Fsp3) is 0.235. The van der Waals surface area contributed by atoms with Gasteiger partial charge in [0.15, 0.2) is 0 Å². The molecule has 0 atom stereocenters. The Bertz CT molecular complexity index is 574. The van der Waals surface area contributed by atoms with Crippen LogP contribution in [0, 0.1) is 0 Å². The molecular weight excluding hydrogens is 260 g/mol. The van der Waals surface area contributed by atoms with Crippen LogP contribution in [0.2, 0.25) is 0 Å². The summed E-state index contributed by atoms with van der Waals surface area (Å²) in [5.41, 5.74) is 1.08. The summed E-state index contributed by atoms with van der Waals surface area (Å²) in [6.07, 6.45) is 1.84. The number of para-hydroxylation sites is 1. The fourth-order valence-electron chi connectivity index (χ4n) is 2.51. The molecule has 0 amide bonds. The first-order valence-corrected chi connectivity index (χ1v) is 7.25. The van der Waals surface area contributed by atoms with E-state index in [1.807, 2.05) is 36.5 Å². The summed E-state index contributed by atoms with van der Waals surface area (Å²) in [4.78, 5) is 9.01. The van der Waals surface area contributed by atoms with Crippen LogP contribution >= 0.6 is 0 Å². The highest BCUT2D eigenvalue weighted by Crippen LogP contribution is 2.16. The van der Waals surface area contributed by atoms with Gasteiger partial charge in [-0.05, 0) is 24.3 Å². The van der Waals surface area contributed by atoms with Gasteiger partial charge in [0.2, 0.25) is 0 Å². The van der Waals surface area contributed by atoms with E-state index in [0.29, 0.717) is 0 Å². The second kappa shape index (κ2) is 6.31. The first-order chi connectivity index (χ1) is 10.3. The topological polar surface area (TPSA) is 31.4 Å². The summed E-state index contributed by atoms with van der Waals surface area (Å²) in [6, 6.07) is 16.2. The van der Waals surface area contributed by atoms with Crippen LogP contribution in [0.15, 0.2) is 67.1 Å². The maximum atomic E-state index is 4.41. The van der Waals surface area contributed by atoms with Gasteiger partial charge in [-0.25, -0.2) is 4.98 Å². The third-order valence-corrected chi connectivity index (χ3v) is 3.70. The second-order valence-corrected chi connectivity index (χ2v) is 5.10. The third kappa shape index (κ3) is 3.34. The standard InChI is InChI=1S/C17H20N4/c1-15(19-16-7-3-2-4-8-16)20-11-13-21(14-12-20)17-9-5-6-10-18-17/h2-10,19H,1,11-14H2. The number of nitrogens with one attached hydrogen (secondary N) is 1. The molecule has 108 valence electrons. The van der Waals surface area contributed by atoms with E-state index >= 15 is 0 Å². The SMILES string of the molecule is C=C(Nc1ccccc1)N1CCN(c2ccccn2)CC1. The predicted octanol–water partition coefficient (Wildman–Crippen LogP) is 2.79. The van der Waals surface area contributed by atoms with Gasteiger partial charge in [0.25, 0.3) is 0 Å². The van der Waals surface area contributed by atoms with Crippen molar-refractivity contribution < 1.29 is 0 Å². The van der Waals surface area contributed by atoms with Crippen molar-refractivity contribution in [2.75, 3.05) is 36.4 Å². The molecule has 21 heavy (non-hydrogen) atoms. The number of benzene rings is 1. The Kier molecular flexibility index (Phi) is 4.05. The normalized spacial score (nSPS) is 14.9. The maximum Gasteiger partial charge on any atom is 0.128 e. The Balaban J connectivity index is 1.55. The van der Waals surface area contributed by atoms with Gasteiger partial charge in [0.1, 0.15) is 5.82 Å². The molecule has 1 fully saturated rings. The van der Waals surface area contributed by atoms with Crippen LogP contribution in [0.5, 0.6) is 0 Å². The van der Waals surface area contributed by atoms with Crippen LogP contribution in [0.1, 0.15) is 0 Å². The number of hydrogen-bond acceptors (Lipinski definition) is 4. The summed E-state index contributed by atoms with van der Waals surface area (Å²) in [7, 11) is 0. The van der Waals surface area contributed by atoms with Crippen molar-refractivity contribution in [1.29, 1.82) is 0 Å². The summed E-state index contributed by atoms with van der Waals surface area (Å²) >= 11 is 0. The van der Waals surface area contributed by atoms with Crippen LogP contribution in [0.25, 0.3) is 0 Å². The highest BCUT2D eigenvalue weighted by molar-refractivity contribution is 5.47. The lowest BCUT2D eigenvalue weighted by Crippen LogP contribution is -2.47. The molecule has 4 heteroatoms. The van der Waals surface area contributed by atoms with E-state index in [9.17, 15) is 0 Å². The molecular formula is C17H20N4. The zero-order valence-electron chi connectivity index (χ0n) is 12.1. The number of hydrogen-bond donors (Lipinski definition) is 1. The summed E-state index contributed by atoms with van der Waals surface area (Å²) in [5, 5.41) is 3.36. The van der Waals surface area contributed by atoms with Crippen LogP contribution < -0.4 is 10.2 Å². The molecule has 4 nitrogen and oxygen atoms in total. The molecule has 1 aliphatic rings. The number of pyridine rings is 1. The molecule has 0 bridgehead atoms. The maximum absolute atomic E-state index is 4.41. The first-order valence-electron chi connectivity index (χ1n) is 7.25.